The summed E-state index contributed by atoms with van der Waals surface area (Å²) in [4.78, 5) is 0. The normalized spacial score (nSPS) is 12.2. The molecule has 0 atom stereocenters. The van der Waals surface area contributed by atoms with Gasteiger partial charge in [0, 0.05) is 6.54 Å². The van der Waals surface area contributed by atoms with Crippen molar-refractivity contribution in [1.29, 1.82) is 0 Å². The van der Waals surface area contributed by atoms with E-state index in [1.807, 2.05) is 6.92 Å². The SMILES string of the molecule is Cc1ccc(F)cc1CNc1c(Cl)cc(Cl)c2c1N=S=N2. The zero-order valence-corrected chi connectivity index (χ0v) is 13.3. The molecule has 3 nitrogen and oxygen atoms in total. The summed E-state index contributed by atoms with van der Waals surface area (Å²) >= 11 is 13.4. The van der Waals surface area contributed by atoms with Gasteiger partial charge in [0.15, 0.2) is 0 Å². The molecule has 0 spiro atoms. The maximum Gasteiger partial charge on any atom is 0.130 e. The van der Waals surface area contributed by atoms with Crippen LogP contribution in [0.25, 0.3) is 0 Å². The van der Waals surface area contributed by atoms with Gasteiger partial charge >= 0.3 is 0 Å². The Balaban J connectivity index is 1.92. The molecule has 7 heteroatoms. The van der Waals surface area contributed by atoms with Crippen molar-refractivity contribution in [2.24, 2.45) is 8.73 Å². The molecular weight excluding hydrogens is 332 g/mol. The van der Waals surface area contributed by atoms with Crippen molar-refractivity contribution < 1.29 is 4.39 Å². The van der Waals surface area contributed by atoms with Crippen LogP contribution in [0.5, 0.6) is 0 Å². The van der Waals surface area contributed by atoms with Crippen molar-refractivity contribution in [1.82, 2.24) is 0 Å². The van der Waals surface area contributed by atoms with Gasteiger partial charge in [-0.3, -0.25) is 0 Å². The molecule has 1 aliphatic rings. The average Bonchev–Trinajstić information content (AvgIpc) is 2.92. The molecule has 1 N–H and O–H groups in total. The second kappa shape index (κ2) is 5.75. The van der Waals surface area contributed by atoms with E-state index in [1.165, 1.54) is 12.1 Å². The van der Waals surface area contributed by atoms with Gasteiger partial charge in [-0.2, -0.15) is 8.73 Å². The van der Waals surface area contributed by atoms with Crippen molar-refractivity contribution in [2.45, 2.75) is 13.5 Å². The second-order valence-corrected chi connectivity index (χ2v) is 5.94. The van der Waals surface area contributed by atoms with Gasteiger partial charge in [0.25, 0.3) is 0 Å². The standard InChI is InChI=1S/C14H10Cl2FN3S/c1-7-2-3-9(17)4-8(7)6-18-12-10(15)5-11(16)13-14(12)20-21-19-13/h2-5,18H,6H2,1H3. The summed E-state index contributed by atoms with van der Waals surface area (Å²) in [5, 5.41) is 4.14. The number of nitrogens with zero attached hydrogens (tertiary/aromatic N) is 2. The molecule has 1 aliphatic heterocycles. The molecule has 0 aromatic heterocycles. The molecule has 21 heavy (non-hydrogen) atoms. The van der Waals surface area contributed by atoms with E-state index >= 15 is 0 Å². The molecule has 0 amide bonds. The van der Waals surface area contributed by atoms with Crippen LogP contribution in [0.1, 0.15) is 11.1 Å². The van der Waals surface area contributed by atoms with E-state index in [2.05, 4.69) is 14.0 Å². The van der Waals surface area contributed by atoms with E-state index in [1.54, 1.807) is 12.1 Å². The van der Waals surface area contributed by atoms with Crippen LogP contribution in [0.2, 0.25) is 10.0 Å². The summed E-state index contributed by atoms with van der Waals surface area (Å²) in [5.41, 5.74) is 3.77. The van der Waals surface area contributed by atoms with Crippen molar-refractivity contribution in [3.05, 3.63) is 51.3 Å². The van der Waals surface area contributed by atoms with Crippen LogP contribution >= 0.6 is 23.2 Å². The van der Waals surface area contributed by atoms with Crippen LogP contribution in [0.4, 0.5) is 21.5 Å². The zero-order valence-electron chi connectivity index (χ0n) is 11.0. The molecular formula is C14H10Cl2FN3S. The van der Waals surface area contributed by atoms with Crippen LogP contribution < -0.4 is 5.32 Å². The maximum absolute atomic E-state index is 13.3. The van der Waals surface area contributed by atoms with E-state index in [4.69, 9.17) is 23.2 Å². The fraction of sp³-hybridized carbons (Fsp3) is 0.143. The van der Waals surface area contributed by atoms with E-state index < -0.39 is 0 Å². The number of benzene rings is 2. The lowest BCUT2D eigenvalue weighted by Crippen LogP contribution is -2.02. The van der Waals surface area contributed by atoms with Crippen molar-refractivity contribution in [2.75, 3.05) is 5.32 Å². The van der Waals surface area contributed by atoms with E-state index in [-0.39, 0.29) is 5.82 Å². The smallest absolute Gasteiger partial charge is 0.130 e. The first-order valence-corrected chi connectivity index (χ1v) is 7.64. The summed E-state index contributed by atoms with van der Waals surface area (Å²) in [6, 6.07) is 6.32. The Morgan fingerprint density at radius 3 is 2.71 bits per heavy atom. The van der Waals surface area contributed by atoms with Gasteiger partial charge in [-0.1, -0.05) is 29.3 Å². The van der Waals surface area contributed by atoms with E-state index in [9.17, 15) is 4.39 Å². The number of anilines is 1. The third-order valence-electron chi connectivity index (χ3n) is 3.21. The molecule has 2 aromatic rings. The predicted molar refractivity (Wildman–Crippen MR) is 86.5 cm³/mol. The van der Waals surface area contributed by atoms with Crippen molar-refractivity contribution in [3.8, 4) is 0 Å². The molecule has 2 aromatic carbocycles. The summed E-state index contributed by atoms with van der Waals surface area (Å²) in [6.07, 6.45) is 0. The van der Waals surface area contributed by atoms with Gasteiger partial charge in [-0.05, 0) is 36.2 Å². The maximum atomic E-state index is 13.3. The Hall–Kier alpha value is -1.43. The zero-order chi connectivity index (χ0) is 15.0. The Labute approximate surface area is 135 Å². The number of fused-ring (bicyclic) bond motifs is 1. The summed E-state index contributed by atoms with van der Waals surface area (Å²) in [5.74, 6) is -0.264. The number of aryl methyl sites for hydroxylation is 1. The number of rotatable bonds is 3. The number of hydrogen-bond donors (Lipinski definition) is 1. The van der Waals surface area contributed by atoms with Gasteiger partial charge < -0.3 is 5.32 Å². The minimum atomic E-state index is -0.264. The molecule has 0 unspecified atom stereocenters. The van der Waals surface area contributed by atoms with Gasteiger partial charge in [-0.15, -0.1) is 0 Å². The van der Waals surface area contributed by atoms with Crippen LogP contribution in [0.15, 0.2) is 33.0 Å². The van der Waals surface area contributed by atoms with Gasteiger partial charge in [0.05, 0.1) is 27.1 Å². The summed E-state index contributed by atoms with van der Waals surface area (Å²) in [6.45, 7) is 2.37. The predicted octanol–water partition coefficient (Wildman–Crippen LogP) is 5.78. The molecule has 0 fully saturated rings. The fourth-order valence-corrected chi connectivity index (χ4v) is 3.24. The highest BCUT2D eigenvalue weighted by molar-refractivity contribution is 7.58. The Bertz CT molecular complexity index is 801. The monoisotopic (exact) mass is 341 g/mol. The lowest BCUT2D eigenvalue weighted by molar-refractivity contribution is 0.625. The van der Waals surface area contributed by atoms with Gasteiger partial charge in [0.2, 0.25) is 0 Å². The summed E-state index contributed by atoms with van der Waals surface area (Å²) in [7, 11) is 0. The van der Waals surface area contributed by atoms with Crippen molar-refractivity contribution in [3.63, 3.8) is 0 Å². The molecule has 1 heterocycles. The lowest BCUT2D eigenvalue weighted by atomic mass is 10.1. The van der Waals surface area contributed by atoms with Crippen LogP contribution in [0.3, 0.4) is 0 Å². The largest absolute Gasteiger partial charge is 0.378 e. The molecule has 0 saturated carbocycles. The minimum Gasteiger partial charge on any atom is -0.378 e. The highest BCUT2D eigenvalue weighted by atomic mass is 35.5. The fourth-order valence-electron chi connectivity index (χ4n) is 2.06. The number of hydrogen-bond acceptors (Lipinski definition) is 3. The third-order valence-corrected chi connectivity index (χ3v) is 4.33. The topological polar surface area (TPSA) is 36.8 Å². The highest BCUT2D eigenvalue weighted by Gasteiger charge is 2.18. The number of halogens is 3. The Morgan fingerprint density at radius 2 is 1.90 bits per heavy atom. The quantitative estimate of drug-likeness (QED) is 0.644. The number of nitrogens with one attached hydrogen (secondary N) is 1. The Kier molecular flexibility index (Phi) is 3.97. The van der Waals surface area contributed by atoms with Crippen LogP contribution in [0, 0.1) is 12.7 Å². The molecule has 108 valence electrons. The van der Waals surface area contributed by atoms with Gasteiger partial charge in [0.1, 0.15) is 17.2 Å². The van der Waals surface area contributed by atoms with Crippen LogP contribution in [-0.4, -0.2) is 0 Å². The van der Waals surface area contributed by atoms with E-state index in [0.717, 1.165) is 22.5 Å². The molecule has 0 aliphatic carbocycles. The first kappa shape index (κ1) is 14.5. The second-order valence-electron chi connectivity index (χ2n) is 4.60. The molecule has 0 bridgehead atoms. The molecule has 0 radical (unpaired) electrons. The van der Waals surface area contributed by atoms with Crippen LogP contribution in [-0.2, 0) is 17.9 Å². The minimum absolute atomic E-state index is 0.264. The molecule has 0 saturated heterocycles. The first-order chi connectivity index (χ1) is 10.1. The van der Waals surface area contributed by atoms with E-state index in [0.29, 0.717) is 33.7 Å². The average molecular weight is 342 g/mol. The third kappa shape index (κ3) is 2.81. The highest BCUT2D eigenvalue weighted by Crippen LogP contribution is 2.47. The lowest BCUT2D eigenvalue weighted by Gasteiger charge is -2.13. The van der Waals surface area contributed by atoms with Crippen molar-refractivity contribution >= 4 is 51.6 Å². The first-order valence-electron chi connectivity index (χ1n) is 6.15. The molecule has 3 rings (SSSR count). The van der Waals surface area contributed by atoms with Gasteiger partial charge in [-0.25, -0.2) is 4.39 Å². The Morgan fingerprint density at radius 1 is 1.14 bits per heavy atom. The summed E-state index contributed by atoms with van der Waals surface area (Å²) < 4.78 is 21.7.